The van der Waals surface area contributed by atoms with E-state index in [2.05, 4.69) is 20.3 Å². The number of morpholine rings is 1. The molecule has 0 atom stereocenters. The van der Waals surface area contributed by atoms with Gasteiger partial charge in [0, 0.05) is 24.7 Å². The molecule has 1 aliphatic rings. The van der Waals surface area contributed by atoms with Gasteiger partial charge in [-0.2, -0.15) is 5.10 Å². The van der Waals surface area contributed by atoms with Gasteiger partial charge in [-0.25, -0.2) is 14.6 Å². The van der Waals surface area contributed by atoms with Crippen LogP contribution in [0.15, 0.2) is 29.6 Å². The van der Waals surface area contributed by atoms with Crippen LogP contribution in [0.2, 0.25) is 10.0 Å². The highest BCUT2D eigenvalue weighted by Gasteiger charge is 2.20. The Labute approximate surface area is 187 Å². The molecular formula is C19H20Cl2N6O2S. The highest BCUT2D eigenvalue weighted by atomic mass is 35.5. The summed E-state index contributed by atoms with van der Waals surface area (Å²) in [6, 6.07) is 4.79. The van der Waals surface area contributed by atoms with E-state index in [0.717, 1.165) is 29.9 Å². The first-order valence-electron chi connectivity index (χ1n) is 9.40. The molecule has 4 rings (SSSR count). The van der Waals surface area contributed by atoms with Crippen molar-refractivity contribution in [2.45, 2.75) is 11.7 Å². The molecule has 3 aromatic rings. The summed E-state index contributed by atoms with van der Waals surface area (Å²) in [5, 5.41) is 9.72. The molecule has 158 valence electrons. The number of hydrogen-bond acceptors (Lipinski definition) is 7. The fourth-order valence-electron chi connectivity index (χ4n) is 3.24. The molecule has 8 nitrogen and oxygen atoms in total. The van der Waals surface area contributed by atoms with E-state index in [-0.39, 0.29) is 5.91 Å². The first kappa shape index (κ1) is 21.2. The van der Waals surface area contributed by atoms with Gasteiger partial charge in [0.2, 0.25) is 0 Å². The number of anilines is 1. The lowest BCUT2D eigenvalue weighted by Crippen LogP contribution is -2.37. The van der Waals surface area contributed by atoms with Gasteiger partial charge in [0.15, 0.2) is 10.8 Å². The molecule has 1 fully saturated rings. The number of benzene rings is 1. The Balaban J connectivity index is 1.51. The third-order valence-electron chi connectivity index (χ3n) is 4.73. The zero-order valence-corrected chi connectivity index (χ0v) is 18.6. The molecule has 30 heavy (non-hydrogen) atoms. The summed E-state index contributed by atoms with van der Waals surface area (Å²) in [4.78, 5) is 23.9. The summed E-state index contributed by atoms with van der Waals surface area (Å²) in [7, 11) is 0. The number of nitrogens with zero attached hydrogens (tertiary/aromatic N) is 5. The normalized spacial score (nSPS) is 14.3. The topological polar surface area (TPSA) is 85.2 Å². The van der Waals surface area contributed by atoms with Crippen LogP contribution < -0.4 is 10.2 Å². The number of carbonyl (C=O) groups is 1. The van der Waals surface area contributed by atoms with Crippen LogP contribution >= 0.6 is 35.0 Å². The molecule has 1 aromatic carbocycles. The quantitative estimate of drug-likeness (QED) is 0.441. The second-order valence-corrected chi connectivity index (χ2v) is 8.24. The van der Waals surface area contributed by atoms with E-state index >= 15 is 0 Å². The molecule has 1 saturated heterocycles. The highest BCUT2D eigenvalue weighted by Crippen LogP contribution is 2.27. The molecule has 1 amide bonds. The van der Waals surface area contributed by atoms with Crippen molar-refractivity contribution in [3.05, 3.63) is 40.0 Å². The van der Waals surface area contributed by atoms with E-state index in [1.165, 1.54) is 11.8 Å². The Morgan fingerprint density at radius 3 is 2.80 bits per heavy atom. The lowest BCUT2D eigenvalue weighted by atomic mass is 10.2. The Bertz CT molecular complexity index is 1070. The second kappa shape index (κ2) is 9.38. The molecule has 0 aliphatic carbocycles. The SMILES string of the molecule is CSc1nc(N2CCOCC2)c2cnn(CCNC(=O)c3ccc(Cl)cc3Cl)c2n1. The summed E-state index contributed by atoms with van der Waals surface area (Å²) in [6.07, 6.45) is 3.73. The molecule has 0 bridgehead atoms. The van der Waals surface area contributed by atoms with Gasteiger partial charge in [0.05, 0.1) is 41.9 Å². The molecule has 1 aliphatic heterocycles. The Hall–Kier alpha value is -2.07. The summed E-state index contributed by atoms with van der Waals surface area (Å²) in [5.74, 6) is 0.609. The third kappa shape index (κ3) is 4.49. The summed E-state index contributed by atoms with van der Waals surface area (Å²) >= 11 is 13.5. The average Bonchev–Trinajstić information content (AvgIpc) is 3.16. The number of fused-ring (bicyclic) bond motifs is 1. The molecule has 1 N–H and O–H groups in total. The summed E-state index contributed by atoms with van der Waals surface area (Å²) < 4.78 is 7.24. The van der Waals surface area contributed by atoms with Gasteiger partial charge in [-0.1, -0.05) is 35.0 Å². The molecule has 0 spiro atoms. The largest absolute Gasteiger partial charge is 0.378 e. The maximum absolute atomic E-state index is 12.4. The highest BCUT2D eigenvalue weighted by molar-refractivity contribution is 7.98. The van der Waals surface area contributed by atoms with Gasteiger partial charge in [-0.15, -0.1) is 0 Å². The van der Waals surface area contributed by atoms with Gasteiger partial charge >= 0.3 is 0 Å². The average molecular weight is 467 g/mol. The Morgan fingerprint density at radius 2 is 2.07 bits per heavy atom. The standard InChI is InChI=1S/C19H20Cl2N6O2S/c1-30-19-24-16(26-6-8-29-9-7-26)14-11-23-27(17(14)25-19)5-4-22-18(28)13-3-2-12(20)10-15(13)21/h2-3,10-11H,4-9H2,1H3,(H,22,28). The van der Waals surface area contributed by atoms with Crippen LogP contribution in [-0.4, -0.2) is 64.8 Å². The number of ether oxygens (including phenoxy) is 1. The van der Waals surface area contributed by atoms with Crippen molar-refractivity contribution in [2.24, 2.45) is 0 Å². The maximum atomic E-state index is 12.4. The van der Waals surface area contributed by atoms with Gasteiger partial charge in [-0.05, 0) is 24.5 Å². The van der Waals surface area contributed by atoms with Crippen molar-refractivity contribution in [1.82, 2.24) is 25.1 Å². The van der Waals surface area contributed by atoms with Crippen molar-refractivity contribution in [3.8, 4) is 0 Å². The van der Waals surface area contributed by atoms with E-state index < -0.39 is 0 Å². The molecular weight excluding hydrogens is 447 g/mol. The van der Waals surface area contributed by atoms with E-state index in [0.29, 0.717) is 47.1 Å². The van der Waals surface area contributed by atoms with Gasteiger partial charge in [0.25, 0.3) is 5.91 Å². The Kier molecular flexibility index (Phi) is 6.62. The van der Waals surface area contributed by atoms with Gasteiger partial charge in [-0.3, -0.25) is 4.79 Å². The van der Waals surface area contributed by atoms with Crippen molar-refractivity contribution in [3.63, 3.8) is 0 Å². The summed E-state index contributed by atoms with van der Waals surface area (Å²) in [5.41, 5.74) is 1.13. The second-order valence-electron chi connectivity index (χ2n) is 6.62. The number of thioether (sulfide) groups is 1. The molecule has 3 heterocycles. The van der Waals surface area contributed by atoms with Gasteiger partial charge in [0.1, 0.15) is 5.82 Å². The number of halogens is 2. The number of amides is 1. The maximum Gasteiger partial charge on any atom is 0.252 e. The number of hydrogen-bond donors (Lipinski definition) is 1. The number of nitrogens with one attached hydrogen (secondary N) is 1. The molecule has 0 unspecified atom stereocenters. The lowest BCUT2D eigenvalue weighted by Gasteiger charge is -2.28. The minimum absolute atomic E-state index is 0.262. The molecule has 0 radical (unpaired) electrons. The first-order chi connectivity index (χ1) is 14.6. The molecule has 11 heteroatoms. The van der Waals surface area contributed by atoms with Crippen LogP contribution in [0.1, 0.15) is 10.4 Å². The molecule has 0 saturated carbocycles. The predicted octanol–water partition coefficient (Wildman–Crippen LogP) is 3.12. The van der Waals surface area contributed by atoms with E-state index in [4.69, 9.17) is 32.9 Å². The fraction of sp³-hybridized carbons (Fsp3) is 0.368. The Morgan fingerprint density at radius 1 is 1.27 bits per heavy atom. The number of carbonyl (C=O) groups excluding carboxylic acids is 1. The zero-order valence-electron chi connectivity index (χ0n) is 16.3. The van der Waals surface area contributed by atoms with Crippen molar-refractivity contribution >= 4 is 57.7 Å². The van der Waals surface area contributed by atoms with Crippen LogP contribution in [0, 0.1) is 0 Å². The number of aromatic nitrogens is 4. The van der Waals surface area contributed by atoms with Gasteiger partial charge < -0.3 is 15.0 Å². The summed E-state index contributed by atoms with van der Waals surface area (Å²) in [6.45, 7) is 3.75. The molecule has 2 aromatic heterocycles. The van der Waals surface area contributed by atoms with E-state index in [1.54, 1.807) is 29.1 Å². The smallest absolute Gasteiger partial charge is 0.252 e. The van der Waals surface area contributed by atoms with E-state index in [9.17, 15) is 4.79 Å². The van der Waals surface area contributed by atoms with Crippen LogP contribution in [0.25, 0.3) is 11.0 Å². The fourth-order valence-corrected chi connectivity index (χ4v) is 4.09. The van der Waals surface area contributed by atoms with Crippen LogP contribution in [-0.2, 0) is 11.3 Å². The lowest BCUT2D eigenvalue weighted by molar-refractivity contribution is 0.0952. The van der Waals surface area contributed by atoms with Crippen molar-refractivity contribution in [1.29, 1.82) is 0 Å². The van der Waals surface area contributed by atoms with E-state index in [1.807, 2.05) is 6.26 Å². The van der Waals surface area contributed by atoms with Crippen LogP contribution in [0.4, 0.5) is 5.82 Å². The van der Waals surface area contributed by atoms with Crippen LogP contribution in [0.3, 0.4) is 0 Å². The predicted molar refractivity (Wildman–Crippen MR) is 119 cm³/mol. The zero-order chi connectivity index (χ0) is 21.1. The third-order valence-corrected chi connectivity index (χ3v) is 5.83. The monoisotopic (exact) mass is 466 g/mol. The van der Waals surface area contributed by atoms with Crippen molar-refractivity contribution < 1.29 is 9.53 Å². The first-order valence-corrected chi connectivity index (χ1v) is 11.4. The number of rotatable bonds is 6. The van der Waals surface area contributed by atoms with Crippen molar-refractivity contribution in [2.75, 3.05) is 44.0 Å². The minimum atomic E-state index is -0.262. The minimum Gasteiger partial charge on any atom is -0.378 e. The van der Waals surface area contributed by atoms with Crippen LogP contribution in [0.5, 0.6) is 0 Å².